The van der Waals surface area contributed by atoms with E-state index in [4.69, 9.17) is 17.3 Å². The van der Waals surface area contributed by atoms with Crippen molar-refractivity contribution >= 4 is 34.5 Å². The quantitative estimate of drug-likeness (QED) is 0.941. The van der Waals surface area contributed by atoms with Gasteiger partial charge in [0.05, 0.1) is 4.88 Å². The maximum Gasteiger partial charge on any atom is 0.264 e. The minimum atomic E-state index is -0.0373. The Morgan fingerprint density at radius 3 is 2.68 bits per heavy atom. The van der Waals surface area contributed by atoms with Crippen molar-refractivity contribution in [2.45, 2.75) is 13.5 Å². The number of aryl methyl sites for hydroxylation is 1. The number of nitrogens with zero attached hydrogens (tertiary/aromatic N) is 1. The molecule has 5 heteroatoms. The molecule has 0 aliphatic rings. The lowest BCUT2D eigenvalue weighted by atomic mass is 10.2. The average Bonchev–Trinajstić information content (AvgIpc) is 2.71. The number of nitrogen functional groups attached to an aromatic ring is 1. The van der Waals surface area contributed by atoms with Crippen molar-refractivity contribution in [3.63, 3.8) is 0 Å². The van der Waals surface area contributed by atoms with Crippen LogP contribution in [0, 0.1) is 6.92 Å². The van der Waals surface area contributed by atoms with E-state index in [0.717, 1.165) is 10.4 Å². The van der Waals surface area contributed by atoms with Crippen LogP contribution in [0.5, 0.6) is 0 Å². The van der Waals surface area contributed by atoms with Gasteiger partial charge < -0.3 is 10.6 Å². The molecule has 1 amide bonds. The minimum Gasteiger partial charge on any atom is -0.398 e. The summed E-state index contributed by atoms with van der Waals surface area (Å²) >= 11 is 7.51. The van der Waals surface area contributed by atoms with Crippen molar-refractivity contribution in [3.05, 3.63) is 50.7 Å². The van der Waals surface area contributed by atoms with Crippen LogP contribution >= 0.6 is 22.9 Å². The lowest BCUT2D eigenvalue weighted by Crippen LogP contribution is -2.25. The number of halogens is 1. The molecule has 2 rings (SSSR count). The Balaban J connectivity index is 2.14. The summed E-state index contributed by atoms with van der Waals surface area (Å²) in [5.41, 5.74) is 7.37. The van der Waals surface area contributed by atoms with Gasteiger partial charge in [0.25, 0.3) is 5.91 Å². The maximum atomic E-state index is 12.3. The summed E-state index contributed by atoms with van der Waals surface area (Å²) in [4.78, 5) is 15.5. The third-order valence-corrected chi connectivity index (χ3v) is 4.30. The van der Waals surface area contributed by atoms with E-state index in [-0.39, 0.29) is 5.91 Å². The van der Waals surface area contributed by atoms with Crippen LogP contribution < -0.4 is 5.73 Å². The average molecular weight is 295 g/mol. The summed E-state index contributed by atoms with van der Waals surface area (Å²) in [5, 5.41) is 0.670. The summed E-state index contributed by atoms with van der Waals surface area (Å²) in [5.74, 6) is -0.0373. The Morgan fingerprint density at radius 2 is 2.11 bits per heavy atom. The maximum absolute atomic E-state index is 12.3. The van der Waals surface area contributed by atoms with Crippen molar-refractivity contribution in [1.29, 1.82) is 0 Å². The number of thiophene rings is 1. The van der Waals surface area contributed by atoms with Gasteiger partial charge in [-0.15, -0.1) is 11.3 Å². The fraction of sp³-hybridized carbons (Fsp3) is 0.214. The van der Waals surface area contributed by atoms with Gasteiger partial charge >= 0.3 is 0 Å². The normalized spacial score (nSPS) is 10.5. The molecule has 0 saturated heterocycles. The zero-order chi connectivity index (χ0) is 14.0. The van der Waals surface area contributed by atoms with E-state index in [2.05, 4.69) is 0 Å². The van der Waals surface area contributed by atoms with Gasteiger partial charge in [0.1, 0.15) is 0 Å². The first-order chi connectivity index (χ1) is 8.99. The molecule has 1 aromatic heterocycles. The largest absolute Gasteiger partial charge is 0.398 e. The standard InChI is InChI=1S/C14H15ClN2OS/c1-9-12(16)7-13(19-9)14(18)17(2)8-10-5-3-4-6-11(10)15/h3-7H,8,16H2,1-2H3. The summed E-state index contributed by atoms with van der Waals surface area (Å²) in [6.45, 7) is 2.39. The number of nitrogens with two attached hydrogens (primary N) is 1. The number of amides is 1. The first-order valence-corrected chi connectivity index (χ1v) is 7.03. The van der Waals surface area contributed by atoms with Crippen LogP contribution in [0.25, 0.3) is 0 Å². The lowest BCUT2D eigenvalue weighted by molar-refractivity contribution is 0.0790. The number of carbonyl (C=O) groups is 1. The number of hydrogen-bond acceptors (Lipinski definition) is 3. The van der Waals surface area contributed by atoms with E-state index >= 15 is 0 Å². The van der Waals surface area contributed by atoms with Crippen molar-refractivity contribution in [3.8, 4) is 0 Å². The second-order valence-electron chi connectivity index (χ2n) is 4.37. The molecular weight excluding hydrogens is 280 g/mol. The lowest BCUT2D eigenvalue weighted by Gasteiger charge is -2.17. The third-order valence-electron chi connectivity index (χ3n) is 2.88. The molecule has 0 radical (unpaired) electrons. The Labute approximate surface area is 121 Å². The van der Waals surface area contributed by atoms with Crippen molar-refractivity contribution in [2.75, 3.05) is 12.8 Å². The topological polar surface area (TPSA) is 46.3 Å². The molecule has 0 saturated carbocycles. The number of benzene rings is 1. The van der Waals surface area contributed by atoms with Crippen LogP contribution in [0.4, 0.5) is 5.69 Å². The molecule has 0 aliphatic heterocycles. The fourth-order valence-corrected chi connectivity index (χ4v) is 2.87. The first kappa shape index (κ1) is 13.9. The highest BCUT2D eigenvalue weighted by molar-refractivity contribution is 7.14. The number of carbonyl (C=O) groups excluding carboxylic acids is 1. The van der Waals surface area contributed by atoms with Crippen LogP contribution in [-0.2, 0) is 6.54 Å². The highest BCUT2D eigenvalue weighted by Gasteiger charge is 2.16. The van der Waals surface area contributed by atoms with Gasteiger partial charge in [-0.05, 0) is 24.6 Å². The molecular formula is C14H15ClN2OS. The van der Waals surface area contributed by atoms with Crippen LogP contribution in [0.15, 0.2) is 30.3 Å². The molecule has 0 atom stereocenters. The predicted molar refractivity (Wildman–Crippen MR) is 80.7 cm³/mol. The van der Waals surface area contributed by atoms with E-state index in [0.29, 0.717) is 22.1 Å². The Hall–Kier alpha value is -1.52. The molecule has 0 spiro atoms. The Morgan fingerprint density at radius 1 is 1.42 bits per heavy atom. The Kier molecular flexibility index (Phi) is 4.12. The zero-order valence-electron chi connectivity index (χ0n) is 10.8. The van der Waals surface area contributed by atoms with Crippen molar-refractivity contribution in [1.82, 2.24) is 4.90 Å². The number of rotatable bonds is 3. The molecule has 0 aliphatic carbocycles. The second-order valence-corrected chi connectivity index (χ2v) is 6.04. The molecule has 100 valence electrons. The SMILES string of the molecule is Cc1sc(C(=O)N(C)Cc2ccccc2Cl)cc1N. The molecule has 1 heterocycles. The smallest absolute Gasteiger partial charge is 0.264 e. The van der Waals surface area contributed by atoms with Gasteiger partial charge in [0.2, 0.25) is 0 Å². The van der Waals surface area contributed by atoms with Crippen LogP contribution in [0.2, 0.25) is 5.02 Å². The molecule has 2 aromatic rings. The third kappa shape index (κ3) is 3.08. The van der Waals surface area contributed by atoms with Gasteiger partial charge in [-0.2, -0.15) is 0 Å². The molecule has 19 heavy (non-hydrogen) atoms. The van der Waals surface area contributed by atoms with Crippen molar-refractivity contribution in [2.24, 2.45) is 0 Å². The first-order valence-electron chi connectivity index (χ1n) is 5.84. The fourth-order valence-electron chi connectivity index (χ4n) is 1.74. The van der Waals surface area contributed by atoms with Gasteiger partial charge in [-0.25, -0.2) is 0 Å². The monoisotopic (exact) mass is 294 g/mol. The van der Waals surface area contributed by atoms with Gasteiger partial charge in [0.15, 0.2) is 0 Å². The predicted octanol–water partition coefficient (Wildman–Crippen LogP) is 3.56. The summed E-state index contributed by atoms with van der Waals surface area (Å²) in [6, 6.07) is 9.25. The summed E-state index contributed by atoms with van der Waals surface area (Å²) in [7, 11) is 1.76. The van der Waals surface area contributed by atoms with E-state index in [1.165, 1.54) is 11.3 Å². The number of anilines is 1. The van der Waals surface area contributed by atoms with Gasteiger partial charge in [-0.3, -0.25) is 4.79 Å². The summed E-state index contributed by atoms with van der Waals surface area (Å²) < 4.78 is 0. The van der Waals surface area contributed by atoms with Crippen LogP contribution in [-0.4, -0.2) is 17.9 Å². The van der Waals surface area contributed by atoms with Crippen LogP contribution in [0.1, 0.15) is 20.1 Å². The van der Waals surface area contributed by atoms with E-state index in [1.54, 1.807) is 18.0 Å². The van der Waals surface area contributed by atoms with Crippen LogP contribution in [0.3, 0.4) is 0 Å². The molecule has 1 aromatic carbocycles. The van der Waals surface area contributed by atoms with E-state index in [1.807, 2.05) is 31.2 Å². The summed E-state index contributed by atoms with van der Waals surface area (Å²) in [6.07, 6.45) is 0. The molecule has 0 unspecified atom stereocenters. The molecule has 3 nitrogen and oxygen atoms in total. The zero-order valence-corrected chi connectivity index (χ0v) is 12.4. The van der Waals surface area contributed by atoms with Crippen molar-refractivity contribution < 1.29 is 4.79 Å². The van der Waals surface area contributed by atoms with E-state index in [9.17, 15) is 4.79 Å². The molecule has 2 N–H and O–H groups in total. The molecule has 0 fully saturated rings. The van der Waals surface area contributed by atoms with Gasteiger partial charge in [0, 0.05) is 29.2 Å². The highest BCUT2D eigenvalue weighted by Crippen LogP contribution is 2.25. The highest BCUT2D eigenvalue weighted by atomic mass is 35.5. The molecule has 0 bridgehead atoms. The Bertz CT molecular complexity index is 590. The number of hydrogen-bond donors (Lipinski definition) is 1. The van der Waals surface area contributed by atoms with E-state index < -0.39 is 0 Å². The minimum absolute atomic E-state index is 0.0373. The second kappa shape index (κ2) is 5.63. The van der Waals surface area contributed by atoms with Gasteiger partial charge in [-0.1, -0.05) is 29.8 Å².